The summed E-state index contributed by atoms with van der Waals surface area (Å²) in [5.41, 5.74) is 0.0319. The molecule has 0 spiro atoms. The first-order valence-corrected chi connectivity index (χ1v) is 6.96. The third-order valence-electron chi connectivity index (χ3n) is 2.47. The van der Waals surface area contributed by atoms with Crippen LogP contribution < -0.4 is 4.72 Å². The number of rotatable bonds is 4. The predicted molar refractivity (Wildman–Crippen MR) is 63.9 cm³/mol. The zero-order chi connectivity index (χ0) is 14.9. The molecule has 1 aromatic carbocycles. The highest BCUT2D eigenvalue weighted by atomic mass is 32.2. The number of sulfonamides is 1. The number of hydrogen-bond acceptors (Lipinski definition) is 5. The van der Waals surface area contributed by atoms with E-state index in [9.17, 15) is 17.2 Å². The van der Waals surface area contributed by atoms with Crippen LogP contribution in [0, 0.1) is 18.6 Å². The van der Waals surface area contributed by atoms with E-state index in [1.807, 2.05) is 0 Å². The molecule has 1 heterocycles. The van der Waals surface area contributed by atoms with Gasteiger partial charge in [-0.05, 0) is 23.8 Å². The lowest BCUT2D eigenvalue weighted by Crippen LogP contribution is -2.25. The molecule has 0 saturated carbocycles. The summed E-state index contributed by atoms with van der Waals surface area (Å²) in [5, 5.41) is 10.9. The van der Waals surface area contributed by atoms with Crippen LogP contribution >= 0.6 is 0 Å². The molecule has 7 nitrogen and oxygen atoms in total. The average molecular weight is 303 g/mol. The zero-order valence-corrected chi connectivity index (χ0v) is 11.4. The van der Waals surface area contributed by atoms with Gasteiger partial charge in [0.25, 0.3) is 0 Å². The number of benzene rings is 1. The molecule has 0 radical (unpaired) electrons. The van der Waals surface area contributed by atoms with Crippen LogP contribution in [0.25, 0.3) is 0 Å². The number of aryl methyl sites for hydroxylation is 2. The lowest BCUT2D eigenvalue weighted by atomic mass is 10.2. The van der Waals surface area contributed by atoms with E-state index in [-0.39, 0.29) is 17.9 Å². The Kier molecular flexibility index (Phi) is 3.77. The van der Waals surface area contributed by atoms with E-state index >= 15 is 0 Å². The highest BCUT2D eigenvalue weighted by Crippen LogP contribution is 2.18. The first kappa shape index (κ1) is 14.5. The number of nitrogens with one attached hydrogen (secondary N) is 1. The Morgan fingerprint density at radius 1 is 1.30 bits per heavy atom. The van der Waals surface area contributed by atoms with Gasteiger partial charge in [0.1, 0.15) is 16.5 Å². The number of aromatic nitrogens is 4. The predicted octanol–water partition coefficient (Wildman–Crippen LogP) is 0.275. The largest absolute Gasteiger partial charge is 0.243 e. The van der Waals surface area contributed by atoms with Gasteiger partial charge < -0.3 is 0 Å². The molecular formula is C10H11F2N5O2S. The van der Waals surface area contributed by atoms with Gasteiger partial charge in [-0.2, -0.15) is 4.80 Å². The number of hydrogen-bond donors (Lipinski definition) is 1. The molecule has 0 aliphatic carbocycles. The molecule has 0 unspecified atom stereocenters. The summed E-state index contributed by atoms with van der Waals surface area (Å²) in [6.07, 6.45) is 0. The van der Waals surface area contributed by atoms with Crippen molar-refractivity contribution in [1.82, 2.24) is 24.9 Å². The van der Waals surface area contributed by atoms with E-state index in [4.69, 9.17) is 0 Å². The van der Waals surface area contributed by atoms with Crippen LogP contribution in [0.2, 0.25) is 0 Å². The van der Waals surface area contributed by atoms with E-state index in [0.29, 0.717) is 6.07 Å². The molecule has 0 aliphatic rings. The minimum atomic E-state index is -4.13. The van der Waals surface area contributed by atoms with Crippen molar-refractivity contribution in [1.29, 1.82) is 0 Å². The lowest BCUT2D eigenvalue weighted by molar-refractivity contribution is 0.539. The molecule has 0 saturated heterocycles. The normalized spacial score (nSPS) is 11.8. The topological polar surface area (TPSA) is 89.8 Å². The number of halogens is 2. The highest BCUT2D eigenvalue weighted by molar-refractivity contribution is 7.89. The van der Waals surface area contributed by atoms with Gasteiger partial charge >= 0.3 is 0 Å². The molecule has 0 bridgehead atoms. The third kappa shape index (κ3) is 2.96. The van der Waals surface area contributed by atoms with Crippen LogP contribution in [-0.2, 0) is 23.6 Å². The van der Waals surface area contributed by atoms with Gasteiger partial charge in [0.15, 0.2) is 5.82 Å². The highest BCUT2D eigenvalue weighted by Gasteiger charge is 2.21. The van der Waals surface area contributed by atoms with Crippen molar-refractivity contribution in [2.75, 3.05) is 0 Å². The second kappa shape index (κ2) is 5.21. The molecular weight excluding hydrogens is 292 g/mol. The monoisotopic (exact) mass is 303 g/mol. The number of nitrogens with zero attached hydrogens (tertiary/aromatic N) is 4. The van der Waals surface area contributed by atoms with Gasteiger partial charge in [0, 0.05) is 6.07 Å². The standard InChI is InChI=1S/C10H11F2N5O2S/c1-6-3-9(8(12)4-7(6)11)20(18,19)13-5-10-14-16-17(2)15-10/h3-4,13H,5H2,1-2H3. The molecule has 10 heteroatoms. The van der Waals surface area contributed by atoms with Gasteiger partial charge in [-0.3, -0.25) is 0 Å². The Labute approximate surface area is 113 Å². The van der Waals surface area contributed by atoms with Crippen molar-refractivity contribution < 1.29 is 17.2 Å². The maximum absolute atomic E-state index is 13.5. The van der Waals surface area contributed by atoms with Gasteiger partial charge in [-0.25, -0.2) is 21.9 Å². The molecule has 0 fully saturated rings. The summed E-state index contributed by atoms with van der Waals surface area (Å²) in [4.78, 5) is 0.534. The van der Waals surface area contributed by atoms with Crippen LogP contribution in [0.15, 0.2) is 17.0 Å². The van der Waals surface area contributed by atoms with Crippen LogP contribution in [0.3, 0.4) is 0 Å². The summed E-state index contributed by atoms with van der Waals surface area (Å²) in [7, 11) is -2.61. The molecule has 0 amide bonds. The van der Waals surface area contributed by atoms with Crippen molar-refractivity contribution in [3.05, 3.63) is 35.2 Å². The minimum Gasteiger partial charge on any atom is -0.207 e. The summed E-state index contributed by atoms with van der Waals surface area (Å²) in [6.45, 7) is 1.10. The molecule has 1 N–H and O–H groups in total. The second-order valence-corrected chi connectivity index (χ2v) is 5.79. The Bertz CT molecular complexity index is 744. The van der Waals surface area contributed by atoms with Crippen molar-refractivity contribution in [3.8, 4) is 0 Å². The van der Waals surface area contributed by atoms with Crippen LogP contribution in [0.5, 0.6) is 0 Å². The van der Waals surface area contributed by atoms with Crippen LogP contribution in [0.1, 0.15) is 11.4 Å². The smallest absolute Gasteiger partial charge is 0.207 e. The van der Waals surface area contributed by atoms with Crippen molar-refractivity contribution in [2.45, 2.75) is 18.4 Å². The maximum Gasteiger partial charge on any atom is 0.243 e. The first-order chi connectivity index (χ1) is 9.29. The SMILES string of the molecule is Cc1cc(S(=O)(=O)NCc2nnn(C)n2)c(F)cc1F. The summed E-state index contributed by atoms with van der Waals surface area (Å²) in [5.74, 6) is -1.83. The second-order valence-electron chi connectivity index (χ2n) is 4.05. The van der Waals surface area contributed by atoms with E-state index in [2.05, 4.69) is 20.1 Å². The number of tetrazole rings is 1. The Morgan fingerprint density at radius 3 is 2.60 bits per heavy atom. The van der Waals surface area contributed by atoms with Crippen molar-refractivity contribution in [3.63, 3.8) is 0 Å². The summed E-state index contributed by atoms with van der Waals surface area (Å²) < 4.78 is 52.7. The fraction of sp³-hybridized carbons (Fsp3) is 0.300. The van der Waals surface area contributed by atoms with Gasteiger partial charge in [0.05, 0.1) is 13.6 Å². The summed E-state index contributed by atoms with van der Waals surface area (Å²) in [6, 6.07) is 1.46. The zero-order valence-electron chi connectivity index (χ0n) is 10.6. The molecule has 20 heavy (non-hydrogen) atoms. The Balaban J connectivity index is 2.24. The van der Waals surface area contributed by atoms with E-state index in [1.54, 1.807) is 0 Å². The molecule has 0 aliphatic heterocycles. The first-order valence-electron chi connectivity index (χ1n) is 5.48. The fourth-order valence-electron chi connectivity index (χ4n) is 1.47. The maximum atomic E-state index is 13.5. The van der Waals surface area contributed by atoms with Crippen molar-refractivity contribution >= 4 is 10.0 Å². The summed E-state index contributed by atoms with van der Waals surface area (Å²) >= 11 is 0. The Morgan fingerprint density at radius 2 is 2.00 bits per heavy atom. The van der Waals surface area contributed by atoms with E-state index < -0.39 is 26.6 Å². The van der Waals surface area contributed by atoms with Gasteiger partial charge in [-0.1, -0.05) is 0 Å². The van der Waals surface area contributed by atoms with Crippen LogP contribution in [-0.4, -0.2) is 28.6 Å². The average Bonchev–Trinajstić information content (AvgIpc) is 2.77. The van der Waals surface area contributed by atoms with E-state index in [0.717, 1.165) is 10.9 Å². The van der Waals surface area contributed by atoms with Crippen molar-refractivity contribution in [2.24, 2.45) is 7.05 Å². The Hall–Kier alpha value is -1.94. The lowest BCUT2D eigenvalue weighted by Gasteiger charge is -2.07. The van der Waals surface area contributed by atoms with Crippen LogP contribution in [0.4, 0.5) is 8.78 Å². The molecule has 2 aromatic rings. The molecule has 0 atom stereocenters. The fourth-order valence-corrected chi connectivity index (χ4v) is 2.59. The third-order valence-corrected chi connectivity index (χ3v) is 3.89. The van der Waals surface area contributed by atoms with Gasteiger partial charge in [-0.15, -0.1) is 10.2 Å². The minimum absolute atomic E-state index is 0.0319. The molecule has 1 aromatic heterocycles. The van der Waals surface area contributed by atoms with E-state index in [1.165, 1.54) is 14.0 Å². The molecule has 2 rings (SSSR count). The van der Waals surface area contributed by atoms with Gasteiger partial charge in [0.2, 0.25) is 10.0 Å². The quantitative estimate of drug-likeness (QED) is 0.876. The molecule has 108 valence electrons.